The Morgan fingerprint density at radius 3 is 2.52 bits per heavy atom. The van der Waals surface area contributed by atoms with Crippen molar-refractivity contribution in [1.82, 2.24) is 24.9 Å². The zero-order valence-electron chi connectivity index (χ0n) is 16.3. The molecule has 2 aromatic heterocycles. The van der Waals surface area contributed by atoms with E-state index in [0.717, 1.165) is 16.3 Å². The fourth-order valence-corrected chi connectivity index (χ4v) is 3.45. The van der Waals surface area contributed by atoms with Gasteiger partial charge in [0.1, 0.15) is 0 Å². The maximum atomic E-state index is 12.6. The van der Waals surface area contributed by atoms with Gasteiger partial charge in [0.15, 0.2) is 0 Å². The number of rotatable bonds is 7. The number of benzene rings is 2. The number of nitrogens with zero attached hydrogens (tertiary/aromatic N) is 4. The standard InChI is InChI=1S/C22H23N5O2/c1-2-18(15-27-22(29)19-9-5-3-7-16(19)13-24-27)25-21(28)11-12-26-20-10-6-4-8-17(20)14-23-26/h3-10,13-14,18H,2,11-12,15H2,1H3,(H,25,28)/t18-/m1/s1. The number of aryl methyl sites for hydroxylation is 1. The summed E-state index contributed by atoms with van der Waals surface area (Å²) in [5.41, 5.74) is 0.873. The zero-order valence-corrected chi connectivity index (χ0v) is 16.3. The molecule has 7 heteroatoms. The van der Waals surface area contributed by atoms with Crippen molar-refractivity contribution in [3.63, 3.8) is 0 Å². The van der Waals surface area contributed by atoms with Crippen molar-refractivity contribution in [2.24, 2.45) is 0 Å². The smallest absolute Gasteiger partial charge is 0.274 e. The van der Waals surface area contributed by atoms with Gasteiger partial charge < -0.3 is 5.32 Å². The fourth-order valence-electron chi connectivity index (χ4n) is 3.45. The van der Waals surface area contributed by atoms with Crippen molar-refractivity contribution in [1.29, 1.82) is 0 Å². The highest BCUT2D eigenvalue weighted by Gasteiger charge is 2.14. The van der Waals surface area contributed by atoms with E-state index in [1.807, 2.05) is 54.1 Å². The van der Waals surface area contributed by atoms with E-state index >= 15 is 0 Å². The number of hydrogen-bond acceptors (Lipinski definition) is 4. The monoisotopic (exact) mass is 389 g/mol. The zero-order chi connectivity index (χ0) is 20.2. The normalized spacial score (nSPS) is 12.3. The lowest BCUT2D eigenvalue weighted by Crippen LogP contribution is -2.40. The van der Waals surface area contributed by atoms with Gasteiger partial charge in [0.05, 0.1) is 36.4 Å². The van der Waals surface area contributed by atoms with Gasteiger partial charge in [0.2, 0.25) is 5.91 Å². The second-order valence-corrected chi connectivity index (χ2v) is 7.07. The lowest BCUT2D eigenvalue weighted by Gasteiger charge is -2.18. The Labute approximate surface area is 168 Å². The second kappa shape index (κ2) is 8.26. The van der Waals surface area contributed by atoms with Crippen LogP contribution in [0.3, 0.4) is 0 Å². The highest BCUT2D eigenvalue weighted by molar-refractivity contribution is 5.80. The van der Waals surface area contributed by atoms with Gasteiger partial charge in [-0.2, -0.15) is 10.2 Å². The van der Waals surface area contributed by atoms with Crippen LogP contribution in [-0.4, -0.2) is 31.5 Å². The topological polar surface area (TPSA) is 81.8 Å². The highest BCUT2D eigenvalue weighted by atomic mass is 16.2. The van der Waals surface area contributed by atoms with Crippen LogP contribution in [0.5, 0.6) is 0 Å². The number of aromatic nitrogens is 4. The quantitative estimate of drug-likeness (QED) is 0.527. The van der Waals surface area contributed by atoms with Crippen molar-refractivity contribution in [3.05, 3.63) is 71.3 Å². The SMILES string of the molecule is CC[C@H](Cn1ncc2ccccc2c1=O)NC(=O)CCn1ncc2ccccc21. The molecule has 0 aliphatic carbocycles. The summed E-state index contributed by atoms with van der Waals surface area (Å²) in [6, 6.07) is 15.1. The van der Waals surface area contributed by atoms with Crippen LogP contribution in [0.4, 0.5) is 0 Å². The highest BCUT2D eigenvalue weighted by Crippen LogP contribution is 2.13. The van der Waals surface area contributed by atoms with Crippen LogP contribution in [0, 0.1) is 0 Å². The lowest BCUT2D eigenvalue weighted by atomic mass is 10.2. The summed E-state index contributed by atoms with van der Waals surface area (Å²) in [4.78, 5) is 25.1. The Morgan fingerprint density at radius 1 is 1.00 bits per heavy atom. The minimum Gasteiger partial charge on any atom is -0.351 e. The van der Waals surface area contributed by atoms with Crippen molar-refractivity contribution < 1.29 is 4.79 Å². The first-order chi connectivity index (χ1) is 14.2. The molecule has 0 unspecified atom stereocenters. The number of para-hydroxylation sites is 1. The number of fused-ring (bicyclic) bond motifs is 2. The molecule has 0 spiro atoms. The molecule has 1 amide bonds. The molecule has 29 heavy (non-hydrogen) atoms. The molecule has 0 saturated carbocycles. The maximum Gasteiger partial charge on any atom is 0.274 e. The van der Waals surface area contributed by atoms with Gasteiger partial charge in [-0.25, -0.2) is 4.68 Å². The predicted octanol–water partition coefficient (Wildman–Crippen LogP) is 2.73. The Kier molecular flexibility index (Phi) is 5.37. The Morgan fingerprint density at radius 2 is 1.69 bits per heavy atom. The summed E-state index contributed by atoms with van der Waals surface area (Å²) in [5.74, 6) is -0.0646. The third-order valence-corrected chi connectivity index (χ3v) is 5.11. The summed E-state index contributed by atoms with van der Waals surface area (Å²) in [6.45, 7) is 2.83. The molecule has 0 fully saturated rings. The second-order valence-electron chi connectivity index (χ2n) is 7.07. The summed E-state index contributed by atoms with van der Waals surface area (Å²) < 4.78 is 3.27. The van der Waals surface area contributed by atoms with Crippen LogP contribution in [0.1, 0.15) is 19.8 Å². The van der Waals surface area contributed by atoms with E-state index in [0.29, 0.717) is 31.3 Å². The first-order valence-electron chi connectivity index (χ1n) is 9.80. The van der Waals surface area contributed by atoms with E-state index in [1.54, 1.807) is 18.5 Å². The minimum absolute atomic E-state index is 0.0646. The van der Waals surface area contributed by atoms with Crippen LogP contribution in [0.15, 0.2) is 65.7 Å². The van der Waals surface area contributed by atoms with Gasteiger partial charge in [-0.15, -0.1) is 0 Å². The molecular weight excluding hydrogens is 366 g/mol. The molecular formula is C22H23N5O2. The number of nitrogens with one attached hydrogen (secondary N) is 1. The fraction of sp³-hybridized carbons (Fsp3) is 0.273. The van der Waals surface area contributed by atoms with Crippen molar-refractivity contribution >= 4 is 27.6 Å². The third kappa shape index (κ3) is 4.03. The maximum absolute atomic E-state index is 12.6. The number of carbonyl (C=O) groups is 1. The van der Waals surface area contributed by atoms with Gasteiger partial charge >= 0.3 is 0 Å². The molecule has 1 N–H and O–H groups in total. The molecule has 0 radical (unpaired) electrons. The van der Waals surface area contributed by atoms with E-state index in [2.05, 4.69) is 15.5 Å². The van der Waals surface area contributed by atoms with Crippen LogP contribution in [-0.2, 0) is 17.9 Å². The molecule has 4 rings (SSSR count). The van der Waals surface area contributed by atoms with Gasteiger partial charge in [-0.1, -0.05) is 43.3 Å². The first kappa shape index (κ1) is 18.9. The van der Waals surface area contributed by atoms with Crippen LogP contribution < -0.4 is 10.9 Å². The van der Waals surface area contributed by atoms with E-state index in [-0.39, 0.29) is 17.5 Å². The molecule has 2 heterocycles. The Balaban J connectivity index is 1.40. The van der Waals surface area contributed by atoms with E-state index in [9.17, 15) is 9.59 Å². The van der Waals surface area contributed by atoms with Gasteiger partial charge in [-0.05, 0) is 18.6 Å². The molecule has 0 bridgehead atoms. The van der Waals surface area contributed by atoms with Crippen molar-refractivity contribution in [3.8, 4) is 0 Å². The molecule has 0 saturated heterocycles. The Hall–Kier alpha value is -3.48. The van der Waals surface area contributed by atoms with Gasteiger partial charge in [0, 0.05) is 23.2 Å². The molecule has 4 aromatic rings. The van der Waals surface area contributed by atoms with E-state index in [4.69, 9.17) is 0 Å². The van der Waals surface area contributed by atoms with Crippen molar-refractivity contribution in [2.45, 2.75) is 38.9 Å². The molecule has 0 aliphatic rings. The molecule has 0 aliphatic heterocycles. The summed E-state index contributed by atoms with van der Waals surface area (Å²) in [6.07, 6.45) is 4.52. The number of amides is 1. The summed E-state index contributed by atoms with van der Waals surface area (Å²) in [5, 5.41) is 14.1. The van der Waals surface area contributed by atoms with Gasteiger partial charge in [0.25, 0.3) is 5.56 Å². The van der Waals surface area contributed by atoms with Crippen LogP contribution in [0.25, 0.3) is 21.7 Å². The van der Waals surface area contributed by atoms with Crippen LogP contribution in [0.2, 0.25) is 0 Å². The summed E-state index contributed by atoms with van der Waals surface area (Å²) in [7, 11) is 0. The van der Waals surface area contributed by atoms with Gasteiger partial charge in [-0.3, -0.25) is 14.3 Å². The predicted molar refractivity (Wildman–Crippen MR) is 113 cm³/mol. The average Bonchev–Trinajstić information content (AvgIpc) is 3.17. The molecule has 1 atom stereocenters. The average molecular weight is 389 g/mol. The molecule has 7 nitrogen and oxygen atoms in total. The largest absolute Gasteiger partial charge is 0.351 e. The molecule has 148 valence electrons. The number of hydrogen-bond donors (Lipinski definition) is 1. The van der Waals surface area contributed by atoms with E-state index < -0.39 is 0 Å². The Bertz CT molecular complexity index is 1210. The third-order valence-electron chi connectivity index (χ3n) is 5.11. The molecule has 2 aromatic carbocycles. The minimum atomic E-state index is -0.164. The van der Waals surface area contributed by atoms with E-state index in [1.165, 1.54) is 4.68 Å². The number of carbonyl (C=O) groups excluding carboxylic acids is 1. The summed E-state index contributed by atoms with van der Waals surface area (Å²) >= 11 is 0. The van der Waals surface area contributed by atoms with Crippen molar-refractivity contribution in [2.75, 3.05) is 0 Å². The first-order valence-corrected chi connectivity index (χ1v) is 9.80. The lowest BCUT2D eigenvalue weighted by molar-refractivity contribution is -0.122. The van der Waals surface area contributed by atoms with Crippen LogP contribution >= 0.6 is 0 Å².